The van der Waals surface area contributed by atoms with Crippen molar-refractivity contribution < 1.29 is 9.32 Å². The van der Waals surface area contributed by atoms with Crippen LogP contribution < -0.4 is 0 Å². The van der Waals surface area contributed by atoms with E-state index in [-0.39, 0.29) is 5.78 Å². The molecule has 0 atom stereocenters. The van der Waals surface area contributed by atoms with Crippen molar-refractivity contribution in [3.05, 3.63) is 51.9 Å². The molecule has 0 aliphatic heterocycles. The van der Waals surface area contributed by atoms with Crippen molar-refractivity contribution in [2.75, 3.05) is 6.26 Å². The van der Waals surface area contributed by atoms with Gasteiger partial charge in [0.2, 0.25) is 0 Å². The minimum absolute atomic E-state index is 0.0196. The molecule has 0 saturated heterocycles. The van der Waals surface area contributed by atoms with Gasteiger partial charge in [0, 0.05) is 22.3 Å². The number of aromatic nitrogens is 1. The monoisotopic (exact) mass is 307 g/mol. The number of nitrogens with zero attached hydrogens (tertiary/aromatic N) is 1. The Hall–Kier alpha value is -1.26. The Balaban J connectivity index is 1.99. The van der Waals surface area contributed by atoms with Crippen LogP contribution in [0.1, 0.15) is 46.0 Å². The molecule has 1 aliphatic rings. The molecule has 1 aliphatic carbocycles. The molecule has 3 rings (SSSR count). The van der Waals surface area contributed by atoms with E-state index in [0.717, 1.165) is 29.9 Å². The number of rotatable bonds is 5. The van der Waals surface area contributed by atoms with Gasteiger partial charge >= 0.3 is 0 Å². The van der Waals surface area contributed by atoms with Crippen molar-refractivity contribution >= 4 is 29.1 Å². The van der Waals surface area contributed by atoms with E-state index in [4.69, 9.17) is 16.1 Å². The maximum atomic E-state index is 12.7. The summed E-state index contributed by atoms with van der Waals surface area (Å²) in [6.07, 6.45) is 5.69. The standard InChI is InChI=1S/C15H14ClNO2S/c1-20-8-10-6-11(16)4-5-12(10)14(18)13-7-17-19-15(13)9-2-3-9/h4-7,9H,2-3,8H2,1H3. The van der Waals surface area contributed by atoms with E-state index < -0.39 is 0 Å². The van der Waals surface area contributed by atoms with Gasteiger partial charge in [-0.25, -0.2) is 0 Å². The molecule has 0 amide bonds. The van der Waals surface area contributed by atoms with Gasteiger partial charge in [-0.2, -0.15) is 11.8 Å². The zero-order chi connectivity index (χ0) is 14.1. The highest BCUT2D eigenvalue weighted by molar-refractivity contribution is 7.97. The highest BCUT2D eigenvalue weighted by Crippen LogP contribution is 2.42. The third-order valence-electron chi connectivity index (χ3n) is 3.40. The molecular weight excluding hydrogens is 294 g/mol. The Bertz CT molecular complexity index is 649. The number of benzene rings is 1. The summed E-state index contributed by atoms with van der Waals surface area (Å²) in [7, 11) is 0. The molecule has 104 valence electrons. The second-order valence-corrected chi connectivity index (χ2v) is 6.24. The average Bonchev–Trinajstić information content (AvgIpc) is 3.16. The molecule has 5 heteroatoms. The molecule has 2 aromatic rings. The quantitative estimate of drug-likeness (QED) is 0.772. The summed E-state index contributed by atoms with van der Waals surface area (Å²) >= 11 is 7.69. The van der Waals surface area contributed by atoms with Crippen molar-refractivity contribution in [1.29, 1.82) is 0 Å². The first kappa shape index (κ1) is 13.7. The van der Waals surface area contributed by atoms with Gasteiger partial charge in [-0.3, -0.25) is 4.79 Å². The molecule has 3 nitrogen and oxygen atoms in total. The molecule has 0 N–H and O–H groups in total. The summed E-state index contributed by atoms with van der Waals surface area (Å²) in [6, 6.07) is 5.40. The number of hydrogen-bond donors (Lipinski definition) is 0. The Morgan fingerprint density at radius 1 is 1.45 bits per heavy atom. The molecule has 1 heterocycles. The lowest BCUT2D eigenvalue weighted by Gasteiger charge is -2.08. The maximum absolute atomic E-state index is 12.7. The van der Waals surface area contributed by atoms with Gasteiger partial charge in [-0.05, 0) is 42.9 Å². The highest BCUT2D eigenvalue weighted by atomic mass is 35.5. The maximum Gasteiger partial charge on any atom is 0.198 e. The Kier molecular flexibility index (Phi) is 3.85. The molecule has 0 radical (unpaired) electrons. The lowest BCUT2D eigenvalue weighted by Crippen LogP contribution is -2.06. The predicted molar refractivity (Wildman–Crippen MR) is 80.6 cm³/mol. The number of carbonyl (C=O) groups excluding carboxylic acids is 1. The summed E-state index contributed by atoms with van der Waals surface area (Å²) in [6.45, 7) is 0. The van der Waals surface area contributed by atoms with E-state index in [0.29, 0.717) is 22.1 Å². The van der Waals surface area contributed by atoms with Crippen molar-refractivity contribution in [3.8, 4) is 0 Å². The fraction of sp³-hybridized carbons (Fsp3) is 0.333. The van der Waals surface area contributed by atoms with Crippen molar-refractivity contribution in [3.63, 3.8) is 0 Å². The molecule has 20 heavy (non-hydrogen) atoms. The van der Waals surface area contributed by atoms with Gasteiger partial charge in [0.15, 0.2) is 11.5 Å². The van der Waals surface area contributed by atoms with Crippen LogP contribution in [0, 0.1) is 0 Å². The van der Waals surface area contributed by atoms with Gasteiger partial charge in [-0.15, -0.1) is 0 Å². The molecular formula is C15H14ClNO2S. The first-order valence-electron chi connectivity index (χ1n) is 6.47. The highest BCUT2D eigenvalue weighted by Gasteiger charge is 2.33. The molecule has 0 bridgehead atoms. The van der Waals surface area contributed by atoms with Gasteiger partial charge in [0.25, 0.3) is 0 Å². The van der Waals surface area contributed by atoms with Crippen LogP contribution in [-0.4, -0.2) is 17.2 Å². The second-order valence-electron chi connectivity index (χ2n) is 4.94. The third kappa shape index (κ3) is 2.63. The van der Waals surface area contributed by atoms with E-state index in [1.165, 1.54) is 6.20 Å². The second kappa shape index (κ2) is 5.62. The van der Waals surface area contributed by atoms with Crippen molar-refractivity contribution in [2.24, 2.45) is 0 Å². The predicted octanol–water partition coefficient (Wildman–Crippen LogP) is 4.30. The summed E-state index contributed by atoms with van der Waals surface area (Å²) in [5.41, 5.74) is 2.24. The zero-order valence-electron chi connectivity index (χ0n) is 11.1. The Morgan fingerprint density at radius 3 is 2.95 bits per heavy atom. The minimum Gasteiger partial charge on any atom is -0.360 e. The summed E-state index contributed by atoms with van der Waals surface area (Å²) in [5, 5.41) is 4.45. The first-order chi connectivity index (χ1) is 9.70. The lowest BCUT2D eigenvalue weighted by molar-refractivity contribution is 0.103. The topological polar surface area (TPSA) is 43.1 Å². The molecule has 1 aromatic carbocycles. The van der Waals surface area contributed by atoms with Crippen LogP contribution in [0.4, 0.5) is 0 Å². The van der Waals surface area contributed by atoms with Gasteiger partial charge in [0.05, 0.1) is 11.8 Å². The van der Waals surface area contributed by atoms with E-state index in [2.05, 4.69) is 5.16 Å². The van der Waals surface area contributed by atoms with Crippen LogP contribution in [0.3, 0.4) is 0 Å². The molecule has 0 spiro atoms. The Morgan fingerprint density at radius 2 is 2.25 bits per heavy atom. The van der Waals surface area contributed by atoms with E-state index >= 15 is 0 Å². The van der Waals surface area contributed by atoms with Crippen molar-refractivity contribution in [2.45, 2.75) is 24.5 Å². The number of halogens is 1. The molecule has 1 saturated carbocycles. The van der Waals surface area contributed by atoms with Gasteiger partial charge in [0.1, 0.15) is 0 Å². The number of ketones is 1. The van der Waals surface area contributed by atoms with Crippen LogP contribution in [0.2, 0.25) is 5.02 Å². The minimum atomic E-state index is -0.0196. The van der Waals surface area contributed by atoms with Gasteiger partial charge < -0.3 is 4.52 Å². The summed E-state index contributed by atoms with van der Waals surface area (Å²) < 4.78 is 5.25. The molecule has 0 unspecified atom stereocenters. The number of hydrogen-bond acceptors (Lipinski definition) is 4. The van der Waals surface area contributed by atoms with E-state index in [1.54, 1.807) is 23.9 Å². The van der Waals surface area contributed by atoms with Crippen LogP contribution in [0.15, 0.2) is 28.9 Å². The van der Waals surface area contributed by atoms with Crippen LogP contribution in [0.5, 0.6) is 0 Å². The summed E-state index contributed by atoms with van der Waals surface area (Å²) in [5.74, 6) is 1.84. The first-order valence-corrected chi connectivity index (χ1v) is 8.24. The largest absolute Gasteiger partial charge is 0.360 e. The van der Waals surface area contributed by atoms with Gasteiger partial charge in [-0.1, -0.05) is 16.8 Å². The zero-order valence-corrected chi connectivity index (χ0v) is 12.6. The van der Waals surface area contributed by atoms with E-state index in [9.17, 15) is 4.79 Å². The number of thioether (sulfide) groups is 1. The molecule has 1 fully saturated rings. The van der Waals surface area contributed by atoms with Crippen LogP contribution >= 0.6 is 23.4 Å². The lowest BCUT2D eigenvalue weighted by atomic mass is 9.98. The van der Waals surface area contributed by atoms with Crippen LogP contribution in [-0.2, 0) is 5.75 Å². The average molecular weight is 308 g/mol. The number of carbonyl (C=O) groups is 1. The fourth-order valence-corrected chi connectivity index (χ4v) is 3.01. The molecule has 1 aromatic heterocycles. The Labute approximate surface area is 126 Å². The smallest absolute Gasteiger partial charge is 0.198 e. The van der Waals surface area contributed by atoms with Crippen LogP contribution in [0.25, 0.3) is 0 Å². The normalized spacial score (nSPS) is 14.5. The van der Waals surface area contributed by atoms with E-state index in [1.807, 2.05) is 12.3 Å². The summed E-state index contributed by atoms with van der Waals surface area (Å²) in [4.78, 5) is 12.7. The van der Waals surface area contributed by atoms with Crippen molar-refractivity contribution in [1.82, 2.24) is 5.16 Å². The SMILES string of the molecule is CSCc1cc(Cl)ccc1C(=O)c1cnoc1C1CC1. The third-order valence-corrected chi connectivity index (χ3v) is 4.24. The fourth-order valence-electron chi connectivity index (χ4n) is 2.26.